The van der Waals surface area contributed by atoms with Gasteiger partial charge in [-0.25, -0.2) is 0 Å². The number of aliphatic hydroxyl groups excluding tert-OH is 1. The van der Waals surface area contributed by atoms with Crippen LogP contribution in [0.3, 0.4) is 0 Å². The van der Waals surface area contributed by atoms with Gasteiger partial charge < -0.3 is 9.84 Å². The topological polar surface area (TPSA) is 42.4 Å². The maximum atomic E-state index is 8.72. The molecule has 1 aromatic rings. The normalized spacial score (nSPS) is 9.73. The predicted octanol–water partition coefficient (Wildman–Crippen LogP) is 0.891. The summed E-state index contributed by atoms with van der Waals surface area (Å²) in [6, 6.07) is 1.80. The van der Waals surface area contributed by atoms with E-state index in [1.807, 2.05) is 6.92 Å². The molecule has 3 nitrogen and oxygen atoms in total. The first-order chi connectivity index (χ1) is 5.27. The number of rotatable bonds is 2. The monoisotopic (exact) mass is 153 g/mol. The third kappa shape index (κ3) is 1.68. The summed E-state index contributed by atoms with van der Waals surface area (Å²) in [5.74, 6) is 0.752. The van der Waals surface area contributed by atoms with Gasteiger partial charge in [0.2, 0.25) is 0 Å². The SMILES string of the molecule is COc1cnc(CO)cc1C. The predicted molar refractivity (Wildman–Crippen MR) is 41.4 cm³/mol. The number of aliphatic hydroxyl groups is 1. The van der Waals surface area contributed by atoms with E-state index in [-0.39, 0.29) is 6.61 Å². The van der Waals surface area contributed by atoms with Gasteiger partial charge in [0.05, 0.1) is 25.6 Å². The molecule has 1 N–H and O–H groups in total. The third-order valence-corrected chi connectivity index (χ3v) is 1.50. The first-order valence-electron chi connectivity index (χ1n) is 3.38. The summed E-state index contributed by atoms with van der Waals surface area (Å²) in [6.45, 7) is 1.89. The van der Waals surface area contributed by atoms with Gasteiger partial charge in [0.15, 0.2) is 0 Å². The van der Waals surface area contributed by atoms with Crippen LogP contribution in [0.25, 0.3) is 0 Å². The molecule has 0 fully saturated rings. The molecule has 11 heavy (non-hydrogen) atoms. The lowest BCUT2D eigenvalue weighted by Gasteiger charge is -2.03. The molecule has 1 heterocycles. The van der Waals surface area contributed by atoms with E-state index < -0.39 is 0 Å². The Kier molecular flexibility index (Phi) is 2.44. The quantitative estimate of drug-likeness (QED) is 0.686. The summed E-state index contributed by atoms with van der Waals surface area (Å²) in [5.41, 5.74) is 1.66. The van der Waals surface area contributed by atoms with Gasteiger partial charge in [-0.2, -0.15) is 0 Å². The fourth-order valence-corrected chi connectivity index (χ4v) is 0.902. The van der Waals surface area contributed by atoms with Crippen molar-refractivity contribution in [3.63, 3.8) is 0 Å². The molecule has 0 saturated heterocycles. The molecule has 1 aromatic heterocycles. The van der Waals surface area contributed by atoms with Crippen LogP contribution in [0.1, 0.15) is 11.3 Å². The van der Waals surface area contributed by atoms with Crippen molar-refractivity contribution >= 4 is 0 Å². The van der Waals surface area contributed by atoms with Crippen molar-refractivity contribution < 1.29 is 9.84 Å². The third-order valence-electron chi connectivity index (χ3n) is 1.50. The van der Waals surface area contributed by atoms with Crippen molar-refractivity contribution in [1.82, 2.24) is 4.98 Å². The highest BCUT2D eigenvalue weighted by molar-refractivity contribution is 5.30. The van der Waals surface area contributed by atoms with Gasteiger partial charge in [0.1, 0.15) is 5.75 Å². The maximum absolute atomic E-state index is 8.72. The Morgan fingerprint density at radius 2 is 2.36 bits per heavy atom. The van der Waals surface area contributed by atoms with Crippen molar-refractivity contribution in [2.45, 2.75) is 13.5 Å². The van der Waals surface area contributed by atoms with E-state index in [1.165, 1.54) is 0 Å². The number of aryl methyl sites for hydroxylation is 1. The first-order valence-corrected chi connectivity index (χ1v) is 3.38. The molecular formula is C8H11NO2. The van der Waals surface area contributed by atoms with Gasteiger partial charge in [-0.05, 0) is 18.6 Å². The van der Waals surface area contributed by atoms with Gasteiger partial charge in [0, 0.05) is 0 Å². The highest BCUT2D eigenvalue weighted by atomic mass is 16.5. The van der Waals surface area contributed by atoms with Crippen LogP contribution in [-0.4, -0.2) is 17.2 Å². The molecule has 1 rings (SSSR count). The zero-order valence-corrected chi connectivity index (χ0v) is 6.66. The minimum atomic E-state index is -0.0230. The summed E-state index contributed by atoms with van der Waals surface area (Å²) in [7, 11) is 1.60. The number of methoxy groups -OCH3 is 1. The van der Waals surface area contributed by atoms with Gasteiger partial charge >= 0.3 is 0 Å². The molecule has 0 bridgehead atoms. The minimum absolute atomic E-state index is 0.0230. The number of ether oxygens (including phenoxy) is 1. The molecule has 0 saturated carbocycles. The first kappa shape index (κ1) is 8.01. The number of nitrogens with zero attached hydrogens (tertiary/aromatic N) is 1. The summed E-state index contributed by atoms with van der Waals surface area (Å²) in [5, 5.41) is 8.72. The van der Waals surface area contributed by atoms with Crippen LogP contribution in [0.5, 0.6) is 5.75 Å². The Hall–Kier alpha value is -1.09. The summed E-state index contributed by atoms with van der Waals surface area (Å²) in [6.07, 6.45) is 1.61. The molecular weight excluding hydrogens is 142 g/mol. The molecule has 0 aliphatic carbocycles. The molecule has 0 aromatic carbocycles. The van der Waals surface area contributed by atoms with Crippen molar-refractivity contribution in [3.8, 4) is 5.75 Å². The average molecular weight is 153 g/mol. The van der Waals surface area contributed by atoms with Crippen LogP contribution in [-0.2, 0) is 6.61 Å². The van der Waals surface area contributed by atoms with Crippen molar-refractivity contribution in [2.75, 3.05) is 7.11 Å². The van der Waals surface area contributed by atoms with Crippen LogP contribution in [0, 0.1) is 6.92 Å². The molecule has 0 amide bonds. The van der Waals surface area contributed by atoms with Crippen LogP contribution >= 0.6 is 0 Å². The Morgan fingerprint density at radius 1 is 1.64 bits per heavy atom. The molecule has 0 atom stereocenters. The summed E-state index contributed by atoms with van der Waals surface area (Å²) >= 11 is 0. The lowest BCUT2D eigenvalue weighted by Crippen LogP contribution is -1.93. The highest BCUT2D eigenvalue weighted by Gasteiger charge is 1.98. The van der Waals surface area contributed by atoms with Crippen molar-refractivity contribution in [2.24, 2.45) is 0 Å². The number of pyridine rings is 1. The van der Waals surface area contributed by atoms with Crippen LogP contribution in [0.2, 0.25) is 0 Å². The number of hydrogen-bond donors (Lipinski definition) is 1. The van der Waals surface area contributed by atoms with Gasteiger partial charge in [0.25, 0.3) is 0 Å². The fourth-order valence-electron chi connectivity index (χ4n) is 0.902. The lowest BCUT2D eigenvalue weighted by molar-refractivity contribution is 0.276. The lowest BCUT2D eigenvalue weighted by atomic mass is 10.2. The van der Waals surface area contributed by atoms with E-state index >= 15 is 0 Å². The molecule has 0 aliphatic heterocycles. The number of aromatic nitrogens is 1. The number of hydrogen-bond acceptors (Lipinski definition) is 3. The molecule has 0 unspecified atom stereocenters. The standard InChI is InChI=1S/C8H11NO2/c1-6-3-7(5-10)9-4-8(6)11-2/h3-4,10H,5H2,1-2H3. The molecule has 0 spiro atoms. The highest BCUT2D eigenvalue weighted by Crippen LogP contribution is 2.15. The summed E-state index contributed by atoms with van der Waals surface area (Å²) < 4.78 is 5.00. The van der Waals surface area contributed by atoms with Crippen molar-refractivity contribution in [1.29, 1.82) is 0 Å². The van der Waals surface area contributed by atoms with Crippen LogP contribution in [0.15, 0.2) is 12.3 Å². The van der Waals surface area contributed by atoms with Gasteiger partial charge in [-0.15, -0.1) is 0 Å². The zero-order valence-electron chi connectivity index (χ0n) is 6.66. The van der Waals surface area contributed by atoms with E-state index in [1.54, 1.807) is 19.4 Å². The Labute approximate surface area is 65.7 Å². The fraction of sp³-hybridized carbons (Fsp3) is 0.375. The Morgan fingerprint density at radius 3 is 2.82 bits per heavy atom. The van der Waals surface area contributed by atoms with Crippen LogP contribution < -0.4 is 4.74 Å². The van der Waals surface area contributed by atoms with Gasteiger partial charge in [-0.3, -0.25) is 4.98 Å². The second kappa shape index (κ2) is 3.34. The second-order valence-corrected chi connectivity index (χ2v) is 2.30. The Bertz CT molecular complexity index is 248. The van der Waals surface area contributed by atoms with E-state index in [2.05, 4.69) is 4.98 Å². The smallest absolute Gasteiger partial charge is 0.140 e. The van der Waals surface area contributed by atoms with Crippen LogP contribution in [0.4, 0.5) is 0 Å². The van der Waals surface area contributed by atoms with E-state index in [0.717, 1.165) is 11.3 Å². The van der Waals surface area contributed by atoms with E-state index in [4.69, 9.17) is 9.84 Å². The zero-order chi connectivity index (χ0) is 8.27. The van der Waals surface area contributed by atoms with Crippen molar-refractivity contribution in [3.05, 3.63) is 23.5 Å². The molecule has 0 radical (unpaired) electrons. The Balaban J connectivity index is 2.99. The molecule has 3 heteroatoms. The average Bonchev–Trinajstić information content (AvgIpc) is 2.04. The largest absolute Gasteiger partial charge is 0.495 e. The minimum Gasteiger partial charge on any atom is -0.495 e. The summed E-state index contributed by atoms with van der Waals surface area (Å²) in [4.78, 5) is 3.95. The molecule has 0 aliphatic rings. The molecule has 60 valence electrons. The second-order valence-electron chi connectivity index (χ2n) is 2.30. The van der Waals surface area contributed by atoms with E-state index in [0.29, 0.717) is 5.69 Å². The van der Waals surface area contributed by atoms with Gasteiger partial charge in [-0.1, -0.05) is 0 Å². The maximum Gasteiger partial charge on any atom is 0.140 e. The van der Waals surface area contributed by atoms with E-state index in [9.17, 15) is 0 Å².